The van der Waals surface area contributed by atoms with E-state index in [1.165, 1.54) is 27.8 Å². The molecular weight excluding hydrogens is 592 g/mol. The monoisotopic (exact) mass is 634 g/mol. The highest BCUT2D eigenvalue weighted by atomic mass is 16.6. The first-order valence-corrected chi connectivity index (χ1v) is 17.0. The SMILES string of the molecule is c1ccc(OCC2CO2)c(Cc2cccc(Cc3cccc(Cc4ccccc4OCC4CO4)c3OCC3CO3)c2CCC2CO2)c1. The molecule has 0 aromatic heterocycles. The lowest BCUT2D eigenvalue weighted by atomic mass is 9.88. The molecule has 4 aromatic rings. The number of epoxide rings is 4. The van der Waals surface area contributed by atoms with Crippen LogP contribution in [0, 0.1) is 0 Å². The van der Waals surface area contributed by atoms with E-state index in [-0.39, 0.29) is 18.3 Å². The summed E-state index contributed by atoms with van der Waals surface area (Å²) in [5.74, 6) is 2.78. The Labute approximate surface area is 276 Å². The van der Waals surface area contributed by atoms with E-state index in [0.717, 1.165) is 80.5 Å². The Morgan fingerprint density at radius 2 is 0.851 bits per heavy atom. The molecule has 7 heteroatoms. The van der Waals surface area contributed by atoms with Gasteiger partial charge >= 0.3 is 0 Å². The van der Waals surface area contributed by atoms with Crippen molar-refractivity contribution in [2.45, 2.75) is 56.5 Å². The van der Waals surface area contributed by atoms with Crippen molar-refractivity contribution in [2.24, 2.45) is 0 Å². The zero-order valence-electron chi connectivity index (χ0n) is 26.7. The van der Waals surface area contributed by atoms with E-state index in [4.69, 9.17) is 33.2 Å². The van der Waals surface area contributed by atoms with Gasteiger partial charge in [-0.05, 0) is 63.9 Å². The minimum Gasteiger partial charge on any atom is -0.490 e. The van der Waals surface area contributed by atoms with Gasteiger partial charge in [-0.25, -0.2) is 0 Å². The van der Waals surface area contributed by atoms with Crippen LogP contribution in [0.5, 0.6) is 17.2 Å². The minimum absolute atomic E-state index is 0.163. The first-order chi connectivity index (χ1) is 23.2. The van der Waals surface area contributed by atoms with Gasteiger partial charge in [0.25, 0.3) is 0 Å². The highest BCUT2D eigenvalue weighted by Gasteiger charge is 2.27. The molecule has 0 radical (unpaired) electrons. The van der Waals surface area contributed by atoms with Gasteiger partial charge in [-0.2, -0.15) is 0 Å². The first kappa shape index (κ1) is 30.5. The number of hydrogen-bond acceptors (Lipinski definition) is 7. The average Bonchev–Trinajstić information content (AvgIpc) is 3.91. The van der Waals surface area contributed by atoms with Gasteiger partial charge in [0.1, 0.15) is 55.4 Å². The van der Waals surface area contributed by atoms with Crippen molar-refractivity contribution < 1.29 is 33.2 Å². The summed E-state index contributed by atoms with van der Waals surface area (Å²) < 4.78 is 40.9. The Kier molecular flexibility index (Phi) is 9.12. The molecule has 0 aliphatic carbocycles. The van der Waals surface area contributed by atoms with E-state index >= 15 is 0 Å². The molecule has 0 bridgehead atoms. The Bertz CT molecular complexity index is 1550. The lowest BCUT2D eigenvalue weighted by molar-refractivity contribution is 0.258. The fraction of sp³-hybridized carbons (Fsp3) is 0.400. The van der Waals surface area contributed by atoms with Crippen LogP contribution in [0.15, 0.2) is 84.9 Å². The molecule has 4 aromatic carbocycles. The van der Waals surface area contributed by atoms with Crippen LogP contribution >= 0.6 is 0 Å². The number of rotatable bonds is 18. The van der Waals surface area contributed by atoms with E-state index < -0.39 is 0 Å². The quantitative estimate of drug-likeness (QED) is 0.122. The molecule has 0 N–H and O–H groups in total. The Morgan fingerprint density at radius 1 is 0.447 bits per heavy atom. The predicted octanol–water partition coefficient (Wildman–Crippen LogP) is 6.12. The summed E-state index contributed by atoms with van der Waals surface area (Å²) in [5, 5.41) is 0. The van der Waals surface area contributed by atoms with Crippen LogP contribution in [0.3, 0.4) is 0 Å². The fourth-order valence-electron chi connectivity index (χ4n) is 6.21. The Balaban J connectivity index is 1.09. The molecular formula is C40H42O7. The summed E-state index contributed by atoms with van der Waals surface area (Å²) >= 11 is 0. The number of hydrogen-bond donors (Lipinski definition) is 0. The summed E-state index contributed by atoms with van der Waals surface area (Å²) in [6, 6.07) is 30.0. The van der Waals surface area contributed by atoms with E-state index in [0.29, 0.717) is 32.3 Å². The zero-order valence-corrected chi connectivity index (χ0v) is 26.7. The molecule has 8 rings (SSSR count). The molecule has 4 unspecified atom stereocenters. The molecule has 7 nitrogen and oxygen atoms in total. The van der Waals surface area contributed by atoms with Gasteiger partial charge < -0.3 is 33.2 Å². The molecule has 0 amide bonds. The Morgan fingerprint density at radius 3 is 1.36 bits per heavy atom. The van der Waals surface area contributed by atoms with Crippen molar-refractivity contribution in [2.75, 3.05) is 46.2 Å². The van der Waals surface area contributed by atoms with Gasteiger partial charge in [-0.1, -0.05) is 72.8 Å². The maximum absolute atomic E-state index is 6.59. The second-order valence-electron chi connectivity index (χ2n) is 13.0. The standard InChI is InChI=1S/C40H42O7/c1-3-13-38(45-24-34-21-42-34)29(7-1)17-27-9-5-10-28(37(27)16-15-33-20-41-33)18-31-11-6-12-32(40(31)47-26-36-23-44-36)19-30-8-2-4-14-39(30)46-25-35-22-43-35/h1-14,33-36H,15-26H2. The van der Waals surface area contributed by atoms with Crippen molar-refractivity contribution >= 4 is 0 Å². The van der Waals surface area contributed by atoms with Crippen LogP contribution in [-0.4, -0.2) is 70.7 Å². The molecule has 4 heterocycles. The molecule has 244 valence electrons. The van der Waals surface area contributed by atoms with Crippen LogP contribution in [0.25, 0.3) is 0 Å². The summed E-state index contributed by atoms with van der Waals surface area (Å²) in [6.07, 6.45) is 5.24. The Hall–Kier alpha value is -3.88. The lowest BCUT2D eigenvalue weighted by Crippen LogP contribution is -2.11. The summed E-state index contributed by atoms with van der Waals surface area (Å²) in [4.78, 5) is 0. The van der Waals surface area contributed by atoms with E-state index in [9.17, 15) is 0 Å². The first-order valence-electron chi connectivity index (χ1n) is 17.0. The van der Waals surface area contributed by atoms with Crippen molar-refractivity contribution in [3.8, 4) is 17.2 Å². The smallest absolute Gasteiger partial charge is 0.126 e. The van der Waals surface area contributed by atoms with E-state index in [1.807, 2.05) is 18.2 Å². The lowest BCUT2D eigenvalue weighted by Gasteiger charge is -2.20. The maximum atomic E-state index is 6.59. The normalized spacial score (nSPS) is 22.0. The van der Waals surface area contributed by atoms with E-state index in [1.54, 1.807) is 0 Å². The third-order valence-corrected chi connectivity index (χ3v) is 9.22. The van der Waals surface area contributed by atoms with Crippen LogP contribution < -0.4 is 14.2 Å². The predicted molar refractivity (Wildman–Crippen MR) is 178 cm³/mol. The van der Waals surface area contributed by atoms with Crippen LogP contribution in [0.4, 0.5) is 0 Å². The number of benzene rings is 4. The summed E-state index contributed by atoms with van der Waals surface area (Å²) in [5.41, 5.74) is 8.71. The van der Waals surface area contributed by atoms with Gasteiger partial charge in [-0.3, -0.25) is 0 Å². The molecule has 4 aliphatic heterocycles. The van der Waals surface area contributed by atoms with Crippen LogP contribution in [0.1, 0.15) is 45.4 Å². The average molecular weight is 635 g/mol. The largest absolute Gasteiger partial charge is 0.490 e. The molecule has 4 fully saturated rings. The third-order valence-electron chi connectivity index (χ3n) is 9.22. The fourth-order valence-corrected chi connectivity index (χ4v) is 6.21. The third kappa shape index (κ3) is 8.35. The highest BCUT2D eigenvalue weighted by molar-refractivity contribution is 5.50. The van der Waals surface area contributed by atoms with Gasteiger partial charge in [0.05, 0.1) is 32.5 Å². The molecule has 4 aliphatic rings. The van der Waals surface area contributed by atoms with Crippen molar-refractivity contribution in [3.05, 3.63) is 124 Å². The summed E-state index contributed by atoms with van der Waals surface area (Å²) in [6.45, 7) is 4.91. The van der Waals surface area contributed by atoms with Gasteiger partial charge in [0.15, 0.2) is 0 Å². The number of ether oxygens (including phenoxy) is 7. The zero-order chi connectivity index (χ0) is 31.4. The van der Waals surface area contributed by atoms with Crippen molar-refractivity contribution in [3.63, 3.8) is 0 Å². The molecule has 0 spiro atoms. The van der Waals surface area contributed by atoms with Crippen LogP contribution in [-0.2, 0) is 44.6 Å². The molecule has 4 atom stereocenters. The minimum atomic E-state index is 0.163. The highest BCUT2D eigenvalue weighted by Crippen LogP contribution is 2.34. The molecule has 4 saturated heterocycles. The van der Waals surface area contributed by atoms with Crippen LogP contribution in [0.2, 0.25) is 0 Å². The second kappa shape index (κ2) is 14.1. The summed E-state index contributed by atoms with van der Waals surface area (Å²) in [7, 11) is 0. The maximum Gasteiger partial charge on any atom is 0.126 e. The van der Waals surface area contributed by atoms with Gasteiger partial charge in [0.2, 0.25) is 0 Å². The van der Waals surface area contributed by atoms with Crippen molar-refractivity contribution in [1.29, 1.82) is 0 Å². The topological polar surface area (TPSA) is 77.8 Å². The van der Waals surface area contributed by atoms with Crippen molar-refractivity contribution in [1.82, 2.24) is 0 Å². The number of para-hydroxylation sites is 3. The second-order valence-corrected chi connectivity index (χ2v) is 13.0. The molecule has 47 heavy (non-hydrogen) atoms. The van der Waals surface area contributed by atoms with E-state index in [2.05, 4.69) is 66.7 Å². The van der Waals surface area contributed by atoms with Gasteiger partial charge in [-0.15, -0.1) is 0 Å². The van der Waals surface area contributed by atoms with Gasteiger partial charge in [0, 0.05) is 19.3 Å². The molecule has 0 saturated carbocycles.